The highest BCUT2D eigenvalue weighted by Gasteiger charge is 2.23. The second-order valence-corrected chi connectivity index (χ2v) is 11.7. The van der Waals surface area contributed by atoms with Crippen LogP contribution in [-0.4, -0.2) is 46.1 Å². The molecule has 0 aromatic heterocycles. The van der Waals surface area contributed by atoms with Crippen molar-refractivity contribution in [3.8, 4) is 0 Å². The van der Waals surface area contributed by atoms with Crippen LogP contribution in [0.15, 0.2) is 12.2 Å². The number of aliphatic hydroxyl groups is 3. The molecule has 0 fully saturated rings. The number of unbranched alkanes of at least 4 members (excludes halogenated alkanes) is 20. The molecule has 0 aliphatic heterocycles. The molecule has 0 aliphatic rings. The van der Waals surface area contributed by atoms with E-state index in [1.807, 2.05) is 0 Å². The van der Waals surface area contributed by atoms with Crippen molar-refractivity contribution in [2.45, 2.75) is 193 Å². The molecule has 232 valence electrons. The van der Waals surface area contributed by atoms with E-state index in [0.717, 1.165) is 44.9 Å². The van der Waals surface area contributed by atoms with Gasteiger partial charge in [-0.05, 0) is 38.5 Å². The zero-order valence-corrected chi connectivity index (χ0v) is 26.0. The van der Waals surface area contributed by atoms with E-state index in [2.05, 4.69) is 31.3 Å². The molecule has 3 atom stereocenters. The Morgan fingerprint density at radius 2 is 0.974 bits per heavy atom. The molecule has 0 aromatic rings. The third-order valence-electron chi connectivity index (χ3n) is 7.88. The Morgan fingerprint density at radius 3 is 1.41 bits per heavy atom. The summed E-state index contributed by atoms with van der Waals surface area (Å²) in [4.78, 5) is 12.3. The predicted octanol–water partition coefficient (Wildman–Crippen LogP) is 8.53. The van der Waals surface area contributed by atoms with Crippen LogP contribution in [0.4, 0.5) is 0 Å². The summed E-state index contributed by atoms with van der Waals surface area (Å²) in [7, 11) is 0. The lowest BCUT2D eigenvalue weighted by Crippen LogP contribution is -2.49. The van der Waals surface area contributed by atoms with Gasteiger partial charge in [-0.1, -0.05) is 148 Å². The normalized spacial score (nSPS) is 14.1. The van der Waals surface area contributed by atoms with Crippen molar-refractivity contribution in [1.29, 1.82) is 0 Å². The van der Waals surface area contributed by atoms with Gasteiger partial charge in [0, 0.05) is 0 Å². The number of amides is 1. The van der Waals surface area contributed by atoms with Gasteiger partial charge in [0.2, 0.25) is 5.91 Å². The highest BCUT2D eigenvalue weighted by atomic mass is 16.3. The van der Waals surface area contributed by atoms with Crippen molar-refractivity contribution in [3.05, 3.63) is 12.2 Å². The highest BCUT2D eigenvalue weighted by molar-refractivity contribution is 5.80. The number of rotatable bonds is 30. The molecule has 0 aromatic carbocycles. The molecule has 0 rings (SSSR count). The van der Waals surface area contributed by atoms with E-state index < -0.39 is 24.2 Å². The maximum absolute atomic E-state index is 12.3. The maximum atomic E-state index is 12.3. The Bertz CT molecular complexity index is 539. The number of hydrogen-bond donors (Lipinski definition) is 4. The summed E-state index contributed by atoms with van der Waals surface area (Å²) in [6.45, 7) is 4.18. The van der Waals surface area contributed by atoms with Gasteiger partial charge in [0.05, 0.1) is 18.8 Å². The lowest BCUT2D eigenvalue weighted by molar-refractivity contribution is -0.131. The van der Waals surface area contributed by atoms with Crippen molar-refractivity contribution in [2.24, 2.45) is 0 Å². The Labute approximate surface area is 242 Å². The van der Waals surface area contributed by atoms with E-state index in [0.29, 0.717) is 12.8 Å². The van der Waals surface area contributed by atoms with E-state index in [9.17, 15) is 20.1 Å². The van der Waals surface area contributed by atoms with E-state index in [-0.39, 0.29) is 6.61 Å². The second-order valence-electron chi connectivity index (χ2n) is 11.7. The lowest BCUT2D eigenvalue weighted by atomic mass is 10.0. The van der Waals surface area contributed by atoms with Gasteiger partial charge in [-0.2, -0.15) is 0 Å². The summed E-state index contributed by atoms with van der Waals surface area (Å²) in [5.74, 6) is -0.482. The summed E-state index contributed by atoms with van der Waals surface area (Å²) < 4.78 is 0. The van der Waals surface area contributed by atoms with Crippen LogP contribution >= 0.6 is 0 Å². The first-order valence-electron chi connectivity index (χ1n) is 17.0. The van der Waals surface area contributed by atoms with Gasteiger partial charge >= 0.3 is 0 Å². The molecule has 0 spiro atoms. The highest BCUT2D eigenvalue weighted by Crippen LogP contribution is 2.14. The third kappa shape index (κ3) is 25.8. The molecule has 0 saturated heterocycles. The Morgan fingerprint density at radius 1 is 0.590 bits per heavy atom. The van der Waals surface area contributed by atoms with Crippen LogP contribution in [0.5, 0.6) is 0 Å². The van der Waals surface area contributed by atoms with Gasteiger partial charge in [-0.15, -0.1) is 0 Å². The van der Waals surface area contributed by atoms with Crippen LogP contribution in [0.3, 0.4) is 0 Å². The Kier molecular flexibility index (Phi) is 29.4. The van der Waals surface area contributed by atoms with E-state index in [1.54, 1.807) is 0 Å². The number of aliphatic hydroxyl groups excluding tert-OH is 3. The summed E-state index contributed by atoms with van der Waals surface area (Å²) in [6, 6.07) is -0.710. The van der Waals surface area contributed by atoms with Crippen molar-refractivity contribution in [3.63, 3.8) is 0 Å². The molecule has 0 aliphatic carbocycles. The summed E-state index contributed by atoms with van der Waals surface area (Å²) in [5, 5.41) is 32.9. The third-order valence-corrected chi connectivity index (χ3v) is 7.88. The van der Waals surface area contributed by atoms with Gasteiger partial charge in [-0.25, -0.2) is 0 Å². The molecular formula is C34H67NO4. The fourth-order valence-electron chi connectivity index (χ4n) is 5.12. The van der Waals surface area contributed by atoms with Crippen LogP contribution in [0.2, 0.25) is 0 Å². The molecule has 0 bridgehead atoms. The zero-order valence-electron chi connectivity index (χ0n) is 26.0. The summed E-state index contributed by atoms with van der Waals surface area (Å²) in [6.07, 6.45) is 31.9. The van der Waals surface area contributed by atoms with Gasteiger partial charge in [0.1, 0.15) is 6.10 Å². The molecule has 4 N–H and O–H groups in total. The number of carbonyl (C=O) groups excluding carboxylic acids is 1. The number of nitrogens with one attached hydrogen (secondary N) is 1. The lowest BCUT2D eigenvalue weighted by Gasteiger charge is -2.23. The minimum Gasteiger partial charge on any atom is -0.394 e. The SMILES string of the molecule is CCCCCCCCC/C=C\CCCCCCC(O)C(=O)NC(CO)C(O)CCCCCCCCCCCC. The Balaban J connectivity index is 3.73. The van der Waals surface area contributed by atoms with E-state index in [1.165, 1.54) is 103 Å². The smallest absolute Gasteiger partial charge is 0.249 e. The molecule has 5 nitrogen and oxygen atoms in total. The van der Waals surface area contributed by atoms with Crippen molar-refractivity contribution < 1.29 is 20.1 Å². The first-order chi connectivity index (χ1) is 19.1. The van der Waals surface area contributed by atoms with Crippen molar-refractivity contribution >= 4 is 5.91 Å². The molecule has 3 unspecified atom stereocenters. The topological polar surface area (TPSA) is 89.8 Å². The molecular weight excluding hydrogens is 486 g/mol. The molecule has 0 heterocycles. The number of allylic oxidation sites excluding steroid dienone is 2. The van der Waals surface area contributed by atoms with Gasteiger partial charge < -0.3 is 20.6 Å². The average molecular weight is 554 g/mol. The molecule has 39 heavy (non-hydrogen) atoms. The monoisotopic (exact) mass is 554 g/mol. The van der Waals surface area contributed by atoms with Crippen LogP contribution in [0.25, 0.3) is 0 Å². The standard InChI is InChI=1S/C34H67NO4/c1-3-5-7-9-11-13-15-16-17-18-19-21-23-25-27-29-33(38)34(39)35-31(30-36)32(37)28-26-24-22-20-14-12-10-8-6-4-2/h17-18,31-33,36-38H,3-16,19-30H2,1-2H3,(H,35,39)/b18-17-. The van der Waals surface area contributed by atoms with Gasteiger partial charge in [-0.3, -0.25) is 4.79 Å². The molecule has 0 saturated carbocycles. The second kappa shape index (κ2) is 30.1. The summed E-state index contributed by atoms with van der Waals surface area (Å²) in [5.41, 5.74) is 0. The van der Waals surface area contributed by atoms with E-state index >= 15 is 0 Å². The van der Waals surface area contributed by atoms with Crippen molar-refractivity contribution in [1.82, 2.24) is 5.32 Å². The first-order valence-corrected chi connectivity index (χ1v) is 17.0. The average Bonchev–Trinajstić information content (AvgIpc) is 2.94. The van der Waals surface area contributed by atoms with Crippen molar-refractivity contribution in [2.75, 3.05) is 6.61 Å². The van der Waals surface area contributed by atoms with E-state index in [4.69, 9.17) is 0 Å². The minimum absolute atomic E-state index is 0.316. The number of carbonyl (C=O) groups is 1. The van der Waals surface area contributed by atoms with Crippen LogP contribution in [0.1, 0.15) is 174 Å². The van der Waals surface area contributed by atoms with Gasteiger partial charge in [0.25, 0.3) is 0 Å². The first kappa shape index (κ1) is 38.1. The predicted molar refractivity (Wildman–Crippen MR) is 167 cm³/mol. The number of hydrogen-bond acceptors (Lipinski definition) is 4. The molecule has 5 heteroatoms. The largest absolute Gasteiger partial charge is 0.394 e. The minimum atomic E-state index is -1.08. The van der Waals surface area contributed by atoms with Crippen LogP contribution in [-0.2, 0) is 4.79 Å². The summed E-state index contributed by atoms with van der Waals surface area (Å²) >= 11 is 0. The maximum Gasteiger partial charge on any atom is 0.249 e. The molecule has 0 radical (unpaired) electrons. The quantitative estimate of drug-likeness (QED) is 0.0530. The zero-order chi connectivity index (χ0) is 28.8. The fourth-order valence-corrected chi connectivity index (χ4v) is 5.12. The van der Waals surface area contributed by atoms with Crippen LogP contribution < -0.4 is 5.32 Å². The fraction of sp³-hybridized carbons (Fsp3) is 0.912. The molecule has 1 amide bonds. The Hall–Kier alpha value is -0.910. The van der Waals surface area contributed by atoms with Crippen LogP contribution in [0, 0.1) is 0 Å². The van der Waals surface area contributed by atoms with Gasteiger partial charge in [0.15, 0.2) is 0 Å².